The van der Waals surface area contributed by atoms with Gasteiger partial charge in [0.15, 0.2) is 0 Å². The third kappa shape index (κ3) is 4.44. The molecule has 0 aromatic heterocycles. The molecule has 2 aliphatic heterocycles. The van der Waals surface area contributed by atoms with E-state index in [2.05, 4.69) is 16.7 Å². The summed E-state index contributed by atoms with van der Waals surface area (Å²) in [6.07, 6.45) is 5.18. The molecule has 2 heterocycles. The van der Waals surface area contributed by atoms with E-state index in [-0.39, 0.29) is 12.5 Å². The quantitative estimate of drug-likeness (QED) is 0.828. The molecule has 0 spiro atoms. The summed E-state index contributed by atoms with van der Waals surface area (Å²) in [5.74, 6) is 1.84. The number of hydrogen-bond donors (Lipinski definition) is 1. The van der Waals surface area contributed by atoms with E-state index in [1.807, 2.05) is 0 Å². The maximum atomic E-state index is 10.4. The van der Waals surface area contributed by atoms with Crippen LogP contribution in [-0.2, 0) is 9.53 Å². The normalized spacial score (nSPS) is 24.2. The lowest BCUT2D eigenvalue weighted by Gasteiger charge is -2.39. The van der Waals surface area contributed by atoms with E-state index in [0.29, 0.717) is 6.61 Å². The molecule has 0 aromatic carbocycles. The van der Waals surface area contributed by atoms with Crippen molar-refractivity contribution in [1.82, 2.24) is 4.90 Å². The second-order valence-electron chi connectivity index (χ2n) is 5.09. The van der Waals surface area contributed by atoms with Gasteiger partial charge in [0.25, 0.3) is 0 Å². The average Bonchev–Trinajstić information content (AvgIpc) is 2.40. The van der Waals surface area contributed by atoms with Gasteiger partial charge >= 0.3 is 5.97 Å². The number of piperidine rings is 1. The fraction of sp³-hybridized carbons (Fsp3) is 0.923. The van der Waals surface area contributed by atoms with E-state index in [1.165, 1.54) is 24.3 Å². The van der Waals surface area contributed by atoms with Crippen LogP contribution in [-0.4, -0.2) is 59.3 Å². The van der Waals surface area contributed by atoms with Crippen LogP contribution >= 0.6 is 11.8 Å². The molecule has 1 N–H and O–H groups in total. The largest absolute Gasteiger partial charge is 0.481 e. The Labute approximate surface area is 113 Å². The molecule has 0 bridgehead atoms. The van der Waals surface area contributed by atoms with Gasteiger partial charge in [0.1, 0.15) is 0 Å². The summed E-state index contributed by atoms with van der Waals surface area (Å²) in [4.78, 5) is 13.0. The molecule has 0 aromatic rings. The summed E-state index contributed by atoms with van der Waals surface area (Å²) in [6, 6.07) is 0.784. The first-order valence-electron chi connectivity index (χ1n) is 6.91. The van der Waals surface area contributed by atoms with E-state index in [4.69, 9.17) is 9.84 Å². The number of carboxylic acids is 1. The number of hydrogen-bond acceptors (Lipinski definition) is 4. The Kier molecular flexibility index (Phi) is 5.79. The van der Waals surface area contributed by atoms with Crippen molar-refractivity contribution < 1.29 is 14.6 Å². The summed E-state index contributed by atoms with van der Waals surface area (Å²) in [6.45, 7) is 2.60. The van der Waals surface area contributed by atoms with E-state index in [1.54, 1.807) is 0 Å². The lowest BCUT2D eigenvalue weighted by Crippen LogP contribution is -2.44. The molecular weight excluding hydrogens is 250 g/mol. The molecule has 2 aliphatic rings. The van der Waals surface area contributed by atoms with Gasteiger partial charge in [0.05, 0.1) is 19.1 Å². The minimum absolute atomic E-state index is 0.125. The highest BCUT2D eigenvalue weighted by Gasteiger charge is 2.26. The molecular formula is C13H23NO3S. The monoisotopic (exact) mass is 273 g/mol. The van der Waals surface area contributed by atoms with Crippen molar-refractivity contribution in [3.63, 3.8) is 0 Å². The van der Waals surface area contributed by atoms with Crippen molar-refractivity contribution in [3.8, 4) is 0 Å². The maximum absolute atomic E-state index is 10.4. The molecule has 2 rings (SSSR count). The van der Waals surface area contributed by atoms with Crippen molar-refractivity contribution in [2.75, 3.05) is 31.2 Å². The first-order chi connectivity index (χ1) is 8.75. The highest BCUT2D eigenvalue weighted by Crippen LogP contribution is 2.25. The van der Waals surface area contributed by atoms with Crippen LogP contribution in [0.5, 0.6) is 0 Å². The number of thioether (sulfide) groups is 1. The summed E-state index contributed by atoms with van der Waals surface area (Å²) in [7, 11) is 0. The molecule has 0 amide bonds. The fourth-order valence-corrected chi connectivity index (χ4v) is 3.85. The van der Waals surface area contributed by atoms with Crippen molar-refractivity contribution in [1.29, 1.82) is 0 Å². The van der Waals surface area contributed by atoms with E-state index in [0.717, 1.165) is 32.0 Å². The Balaban J connectivity index is 1.63. The van der Waals surface area contributed by atoms with Crippen LogP contribution in [0.3, 0.4) is 0 Å². The number of carboxylic acid groups (broad SMARTS) is 1. The molecule has 0 unspecified atom stereocenters. The molecule has 2 saturated heterocycles. The van der Waals surface area contributed by atoms with E-state index < -0.39 is 5.97 Å². The number of ether oxygens (including phenoxy) is 1. The number of aliphatic carboxylic acids is 1. The van der Waals surface area contributed by atoms with E-state index >= 15 is 0 Å². The van der Waals surface area contributed by atoms with E-state index in [9.17, 15) is 4.79 Å². The molecule has 0 aliphatic carbocycles. The minimum atomic E-state index is -0.771. The van der Waals surface area contributed by atoms with Crippen molar-refractivity contribution in [3.05, 3.63) is 0 Å². The average molecular weight is 273 g/mol. The topological polar surface area (TPSA) is 49.8 Å². The van der Waals surface area contributed by atoms with Gasteiger partial charge in [-0.15, -0.1) is 0 Å². The van der Waals surface area contributed by atoms with Gasteiger partial charge in [0.2, 0.25) is 0 Å². The zero-order valence-corrected chi connectivity index (χ0v) is 11.7. The Hall–Kier alpha value is -0.260. The van der Waals surface area contributed by atoms with Crippen LogP contribution in [0.25, 0.3) is 0 Å². The number of nitrogens with zero attached hydrogens (tertiary/aromatic N) is 1. The van der Waals surface area contributed by atoms with Crippen molar-refractivity contribution in [2.24, 2.45) is 0 Å². The standard InChI is InChI=1S/C13H23NO3S/c15-13(16)3-8-17-12-1-6-14(7-2-12)11-4-9-18-10-5-11/h11-12H,1-10H2,(H,15,16). The third-order valence-electron chi connectivity index (χ3n) is 3.85. The lowest BCUT2D eigenvalue weighted by molar-refractivity contribution is -0.138. The molecule has 0 atom stereocenters. The summed E-state index contributed by atoms with van der Waals surface area (Å²) in [5, 5.41) is 8.56. The second-order valence-corrected chi connectivity index (χ2v) is 6.32. The zero-order valence-electron chi connectivity index (χ0n) is 10.8. The predicted octanol–water partition coefficient (Wildman–Crippen LogP) is 1.84. The van der Waals surface area contributed by atoms with Gasteiger partial charge in [-0.25, -0.2) is 0 Å². The van der Waals surface area contributed by atoms with Crippen LogP contribution in [0.15, 0.2) is 0 Å². The molecule has 0 radical (unpaired) electrons. The maximum Gasteiger partial charge on any atom is 0.305 e. The summed E-state index contributed by atoms with van der Waals surface area (Å²) in [5.41, 5.74) is 0. The Bertz CT molecular complexity index is 261. The number of rotatable bonds is 5. The van der Waals surface area contributed by atoms with Gasteiger partial charge in [-0.1, -0.05) is 0 Å². The molecule has 104 valence electrons. The highest BCUT2D eigenvalue weighted by atomic mass is 32.2. The summed E-state index contributed by atoms with van der Waals surface area (Å²) < 4.78 is 5.62. The van der Waals surface area contributed by atoms with Crippen LogP contribution < -0.4 is 0 Å². The van der Waals surface area contributed by atoms with Gasteiger partial charge in [0, 0.05) is 19.1 Å². The Morgan fingerprint density at radius 2 is 1.89 bits per heavy atom. The number of likely N-dealkylation sites (tertiary alicyclic amines) is 1. The molecule has 5 heteroatoms. The zero-order chi connectivity index (χ0) is 12.8. The van der Waals surface area contributed by atoms with Gasteiger partial charge in [-0.05, 0) is 37.2 Å². The van der Waals surface area contributed by atoms with Gasteiger partial charge in [-0.3, -0.25) is 4.79 Å². The van der Waals surface area contributed by atoms with Crippen molar-refractivity contribution >= 4 is 17.7 Å². The number of carbonyl (C=O) groups is 1. The molecule has 18 heavy (non-hydrogen) atoms. The molecule has 0 saturated carbocycles. The lowest BCUT2D eigenvalue weighted by atomic mass is 10.0. The van der Waals surface area contributed by atoms with Crippen LogP contribution in [0.1, 0.15) is 32.1 Å². The smallest absolute Gasteiger partial charge is 0.305 e. The first-order valence-corrected chi connectivity index (χ1v) is 8.06. The van der Waals surface area contributed by atoms with Gasteiger partial charge < -0.3 is 14.7 Å². The van der Waals surface area contributed by atoms with Crippen LogP contribution in [0.2, 0.25) is 0 Å². The molecule has 4 nitrogen and oxygen atoms in total. The first kappa shape index (κ1) is 14.2. The van der Waals surface area contributed by atoms with Gasteiger partial charge in [-0.2, -0.15) is 11.8 Å². The minimum Gasteiger partial charge on any atom is -0.481 e. The summed E-state index contributed by atoms with van der Waals surface area (Å²) >= 11 is 2.07. The Morgan fingerprint density at radius 3 is 2.50 bits per heavy atom. The molecule has 2 fully saturated rings. The predicted molar refractivity (Wildman–Crippen MR) is 73.1 cm³/mol. The van der Waals surface area contributed by atoms with Crippen LogP contribution in [0, 0.1) is 0 Å². The van der Waals surface area contributed by atoms with Crippen LogP contribution in [0.4, 0.5) is 0 Å². The Morgan fingerprint density at radius 1 is 1.22 bits per heavy atom. The van der Waals surface area contributed by atoms with Crippen molar-refractivity contribution in [2.45, 2.75) is 44.2 Å². The third-order valence-corrected chi connectivity index (χ3v) is 4.90. The second kappa shape index (κ2) is 7.36. The fourth-order valence-electron chi connectivity index (χ4n) is 2.77. The highest BCUT2D eigenvalue weighted by molar-refractivity contribution is 7.99. The SMILES string of the molecule is O=C(O)CCOC1CCN(C2CCSCC2)CC1.